The van der Waals surface area contributed by atoms with Crippen LogP contribution >= 0.6 is 0 Å². The highest BCUT2D eigenvalue weighted by molar-refractivity contribution is 5.97. The molecule has 0 atom stereocenters. The number of nitrogens with zero attached hydrogens (tertiary/aromatic N) is 3. The van der Waals surface area contributed by atoms with E-state index in [1.807, 2.05) is 44.2 Å². The van der Waals surface area contributed by atoms with Gasteiger partial charge < -0.3 is 5.32 Å². The number of hydroxylamine groups is 1. The molecule has 0 unspecified atom stereocenters. The fourth-order valence-electron chi connectivity index (χ4n) is 3.63. The molecule has 0 bridgehead atoms. The summed E-state index contributed by atoms with van der Waals surface area (Å²) >= 11 is 0. The van der Waals surface area contributed by atoms with Gasteiger partial charge >= 0.3 is 0 Å². The van der Waals surface area contributed by atoms with Crippen molar-refractivity contribution in [2.24, 2.45) is 4.99 Å². The number of aryl methyl sites for hydroxylation is 2. The van der Waals surface area contributed by atoms with Gasteiger partial charge in [0.1, 0.15) is 5.69 Å². The molecule has 3 heterocycles. The van der Waals surface area contributed by atoms with Crippen LogP contribution in [0.2, 0.25) is 0 Å². The Morgan fingerprint density at radius 2 is 2.07 bits per heavy atom. The third-order valence-electron chi connectivity index (χ3n) is 5.22. The molecule has 146 valence electrons. The van der Waals surface area contributed by atoms with Gasteiger partial charge in [-0.2, -0.15) is 0 Å². The summed E-state index contributed by atoms with van der Waals surface area (Å²) in [5.41, 5.74) is 6.27. The minimum absolute atomic E-state index is 0.00560. The molecule has 7 heteroatoms. The standard InChI is InChI=1S/C21H25N5O2/c1-15-6-7-17(16(2)13-15)23-19(27)14-26-11-8-21(9-12-26)24-20(25-28-21)18-5-3-4-10-22-18/h3-7,10,13H,8-9,11-12,14H2,1-2H3,(H,23,27)(H,24,25). The lowest BCUT2D eigenvalue weighted by molar-refractivity contribution is -0.120. The van der Waals surface area contributed by atoms with Crippen molar-refractivity contribution in [2.75, 3.05) is 25.0 Å². The smallest absolute Gasteiger partial charge is 0.238 e. The minimum Gasteiger partial charge on any atom is -0.325 e. The fraction of sp³-hybridized carbons (Fsp3) is 0.381. The molecule has 1 spiro atoms. The Bertz CT molecular complexity index is 889. The molecule has 1 fully saturated rings. The number of rotatable bonds is 4. The number of carbonyl (C=O) groups is 1. The van der Waals surface area contributed by atoms with E-state index >= 15 is 0 Å². The summed E-state index contributed by atoms with van der Waals surface area (Å²) in [6, 6.07) is 11.7. The first-order valence-electron chi connectivity index (χ1n) is 9.58. The largest absolute Gasteiger partial charge is 0.325 e. The number of aromatic nitrogens is 1. The molecule has 2 aliphatic heterocycles. The summed E-state index contributed by atoms with van der Waals surface area (Å²) in [6.07, 6.45) is 3.20. The Balaban J connectivity index is 1.32. The minimum atomic E-state index is -0.562. The lowest BCUT2D eigenvalue weighted by atomic mass is 10.0. The molecule has 0 aliphatic carbocycles. The van der Waals surface area contributed by atoms with Crippen LogP contribution in [0.25, 0.3) is 0 Å². The zero-order chi connectivity index (χ0) is 19.6. The van der Waals surface area contributed by atoms with E-state index < -0.39 is 5.72 Å². The predicted molar refractivity (Wildman–Crippen MR) is 108 cm³/mol. The number of hydrogen-bond acceptors (Lipinski definition) is 6. The van der Waals surface area contributed by atoms with E-state index in [1.165, 1.54) is 5.56 Å². The lowest BCUT2D eigenvalue weighted by Gasteiger charge is -2.35. The predicted octanol–water partition coefficient (Wildman–Crippen LogP) is 2.41. The maximum Gasteiger partial charge on any atom is 0.238 e. The second-order valence-electron chi connectivity index (χ2n) is 7.47. The van der Waals surface area contributed by atoms with E-state index in [0.717, 1.165) is 42.9 Å². The van der Waals surface area contributed by atoms with Crippen molar-refractivity contribution in [3.05, 3.63) is 59.4 Å². The quantitative estimate of drug-likeness (QED) is 0.853. The van der Waals surface area contributed by atoms with Gasteiger partial charge in [-0.3, -0.25) is 14.7 Å². The number of amidine groups is 1. The molecule has 1 amide bonds. The van der Waals surface area contributed by atoms with Gasteiger partial charge in [0.25, 0.3) is 0 Å². The van der Waals surface area contributed by atoms with Crippen LogP contribution in [0.1, 0.15) is 29.7 Å². The monoisotopic (exact) mass is 379 g/mol. The third-order valence-corrected chi connectivity index (χ3v) is 5.22. The summed E-state index contributed by atoms with van der Waals surface area (Å²) in [5.74, 6) is 0.674. The molecule has 0 radical (unpaired) electrons. The Labute approximate surface area is 164 Å². The van der Waals surface area contributed by atoms with Gasteiger partial charge in [0, 0.05) is 37.8 Å². The number of carbonyl (C=O) groups excluding carboxylic acids is 1. The molecule has 4 rings (SSSR count). The maximum absolute atomic E-state index is 12.4. The van der Waals surface area contributed by atoms with Crippen molar-refractivity contribution in [1.82, 2.24) is 15.4 Å². The van der Waals surface area contributed by atoms with Gasteiger partial charge in [0.15, 0.2) is 11.6 Å². The summed E-state index contributed by atoms with van der Waals surface area (Å²) in [7, 11) is 0. The zero-order valence-electron chi connectivity index (χ0n) is 16.2. The van der Waals surface area contributed by atoms with Gasteiger partial charge in [-0.15, -0.1) is 0 Å². The third kappa shape index (κ3) is 4.05. The maximum atomic E-state index is 12.4. The molecule has 0 saturated carbocycles. The van der Waals surface area contributed by atoms with Crippen LogP contribution in [0.4, 0.5) is 5.69 Å². The van der Waals surface area contributed by atoms with Gasteiger partial charge in [-0.1, -0.05) is 23.8 Å². The van der Waals surface area contributed by atoms with Crippen molar-refractivity contribution < 1.29 is 9.63 Å². The van der Waals surface area contributed by atoms with Gasteiger partial charge in [-0.05, 0) is 37.6 Å². The van der Waals surface area contributed by atoms with Crippen molar-refractivity contribution in [1.29, 1.82) is 0 Å². The molecule has 2 aromatic rings. The van der Waals surface area contributed by atoms with Gasteiger partial charge in [0.2, 0.25) is 5.91 Å². The molecule has 7 nitrogen and oxygen atoms in total. The zero-order valence-corrected chi connectivity index (χ0v) is 16.2. The SMILES string of the molecule is Cc1ccc(NC(=O)CN2CCC3(CC2)N=C(c2ccccn2)NO3)c(C)c1. The van der Waals surface area contributed by atoms with E-state index in [0.29, 0.717) is 12.4 Å². The van der Waals surface area contributed by atoms with Gasteiger partial charge in [-0.25, -0.2) is 15.3 Å². The summed E-state index contributed by atoms with van der Waals surface area (Å²) in [5, 5.41) is 3.01. The highest BCUT2D eigenvalue weighted by Crippen LogP contribution is 2.30. The van der Waals surface area contributed by atoms with Crippen LogP contribution in [-0.2, 0) is 9.63 Å². The second kappa shape index (κ2) is 7.69. The first-order chi connectivity index (χ1) is 13.5. The Morgan fingerprint density at radius 3 is 2.79 bits per heavy atom. The first-order valence-corrected chi connectivity index (χ1v) is 9.58. The number of likely N-dealkylation sites (tertiary alicyclic amines) is 1. The molecule has 1 aromatic heterocycles. The molecule has 28 heavy (non-hydrogen) atoms. The Morgan fingerprint density at radius 1 is 1.25 bits per heavy atom. The molecule has 2 aliphatic rings. The topological polar surface area (TPSA) is 78.9 Å². The van der Waals surface area contributed by atoms with Crippen LogP contribution in [-0.4, -0.2) is 47.0 Å². The van der Waals surface area contributed by atoms with E-state index in [-0.39, 0.29) is 5.91 Å². The van der Waals surface area contributed by atoms with Crippen LogP contribution < -0.4 is 10.8 Å². The molecular formula is C21H25N5O2. The number of benzene rings is 1. The Hall–Kier alpha value is -2.77. The van der Waals surface area contributed by atoms with Crippen molar-refractivity contribution >= 4 is 17.4 Å². The summed E-state index contributed by atoms with van der Waals surface area (Å²) in [6.45, 7) is 5.92. The average Bonchev–Trinajstić information content (AvgIpc) is 3.11. The lowest BCUT2D eigenvalue weighted by Crippen LogP contribution is -2.46. The fourth-order valence-corrected chi connectivity index (χ4v) is 3.63. The van der Waals surface area contributed by atoms with Crippen molar-refractivity contribution in [3.63, 3.8) is 0 Å². The van der Waals surface area contributed by atoms with E-state index in [1.54, 1.807) is 6.20 Å². The van der Waals surface area contributed by atoms with Crippen LogP contribution in [0.3, 0.4) is 0 Å². The van der Waals surface area contributed by atoms with E-state index in [2.05, 4.69) is 26.7 Å². The molecule has 1 saturated heterocycles. The second-order valence-corrected chi connectivity index (χ2v) is 7.47. The van der Waals surface area contributed by atoms with Crippen molar-refractivity contribution in [2.45, 2.75) is 32.4 Å². The number of amides is 1. The first kappa shape index (κ1) is 18.6. The normalized spacial score (nSPS) is 18.6. The number of aliphatic imine (C=N–C) groups is 1. The van der Waals surface area contributed by atoms with E-state index in [4.69, 9.17) is 9.83 Å². The summed E-state index contributed by atoms with van der Waals surface area (Å²) < 4.78 is 0. The van der Waals surface area contributed by atoms with E-state index in [9.17, 15) is 4.79 Å². The number of hydrogen-bond donors (Lipinski definition) is 2. The number of pyridine rings is 1. The summed E-state index contributed by atoms with van der Waals surface area (Å²) in [4.78, 5) is 29.4. The molecular weight excluding hydrogens is 354 g/mol. The number of nitrogens with one attached hydrogen (secondary N) is 2. The molecule has 2 N–H and O–H groups in total. The average molecular weight is 379 g/mol. The number of piperidine rings is 1. The van der Waals surface area contributed by atoms with Crippen LogP contribution in [0.15, 0.2) is 47.6 Å². The van der Waals surface area contributed by atoms with Gasteiger partial charge in [0.05, 0.1) is 6.54 Å². The highest BCUT2D eigenvalue weighted by Gasteiger charge is 2.40. The van der Waals surface area contributed by atoms with Crippen LogP contribution in [0.5, 0.6) is 0 Å². The highest BCUT2D eigenvalue weighted by atomic mass is 16.7. The Kier molecular flexibility index (Phi) is 5.11. The van der Waals surface area contributed by atoms with Crippen molar-refractivity contribution in [3.8, 4) is 0 Å². The van der Waals surface area contributed by atoms with Crippen LogP contribution in [0, 0.1) is 13.8 Å². The molecule has 1 aromatic carbocycles. The number of anilines is 1.